The van der Waals surface area contributed by atoms with Gasteiger partial charge in [0.05, 0.1) is 12.1 Å². The normalized spacial score (nSPS) is 14.3. The van der Waals surface area contributed by atoms with Crippen LogP contribution in [0, 0.1) is 0 Å². The van der Waals surface area contributed by atoms with Crippen molar-refractivity contribution in [3.63, 3.8) is 0 Å². The summed E-state index contributed by atoms with van der Waals surface area (Å²) in [4.78, 5) is 4.53. The molecule has 1 aromatic heterocycles. The highest BCUT2D eigenvalue weighted by atomic mass is 15.1. The predicted octanol–water partition coefficient (Wildman–Crippen LogP) is 4.31. The van der Waals surface area contributed by atoms with E-state index in [9.17, 15) is 0 Å². The van der Waals surface area contributed by atoms with E-state index in [1.54, 1.807) is 0 Å². The van der Waals surface area contributed by atoms with Crippen LogP contribution in [0.3, 0.4) is 0 Å². The molecule has 2 unspecified atom stereocenters. The second-order valence-corrected chi connectivity index (χ2v) is 5.93. The van der Waals surface area contributed by atoms with Gasteiger partial charge >= 0.3 is 0 Å². The van der Waals surface area contributed by atoms with Gasteiger partial charge in [0, 0.05) is 18.3 Å². The van der Waals surface area contributed by atoms with Crippen LogP contribution in [0.2, 0.25) is 0 Å². The van der Waals surface area contributed by atoms with Crippen LogP contribution < -0.4 is 5.32 Å². The molecule has 3 nitrogen and oxygen atoms in total. The third-order valence-electron chi connectivity index (χ3n) is 3.91. The highest BCUT2D eigenvalue weighted by molar-refractivity contribution is 5.20. The van der Waals surface area contributed by atoms with Crippen LogP contribution in [0.15, 0.2) is 42.7 Å². The lowest BCUT2D eigenvalue weighted by Gasteiger charge is -2.28. The van der Waals surface area contributed by atoms with E-state index in [0.29, 0.717) is 18.0 Å². The van der Waals surface area contributed by atoms with E-state index >= 15 is 0 Å². The maximum absolute atomic E-state index is 4.53. The number of aromatic nitrogens is 2. The lowest BCUT2D eigenvalue weighted by atomic mass is 9.99. The van der Waals surface area contributed by atoms with Crippen LogP contribution in [0.25, 0.3) is 0 Å². The SMILES string of the molecule is CCCNC(c1ccccc1)C(C)n1ccnc1C(C)C. The molecule has 0 amide bonds. The molecule has 0 saturated heterocycles. The van der Waals surface area contributed by atoms with Crippen molar-refractivity contribution in [1.29, 1.82) is 0 Å². The minimum absolute atomic E-state index is 0.304. The van der Waals surface area contributed by atoms with Gasteiger partial charge in [0.15, 0.2) is 0 Å². The van der Waals surface area contributed by atoms with Gasteiger partial charge in [0.1, 0.15) is 5.82 Å². The fourth-order valence-electron chi connectivity index (χ4n) is 2.80. The molecule has 1 heterocycles. The Bertz CT molecular complexity index is 530. The van der Waals surface area contributed by atoms with E-state index < -0.39 is 0 Å². The molecule has 1 aromatic carbocycles. The van der Waals surface area contributed by atoms with Gasteiger partial charge in [-0.25, -0.2) is 4.98 Å². The highest BCUT2D eigenvalue weighted by Gasteiger charge is 2.22. The molecule has 1 N–H and O–H groups in total. The van der Waals surface area contributed by atoms with Gasteiger partial charge in [-0.3, -0.25) is 0 Å². The smallest absolute Gasteiger partial charge is 0.111 e. The minimum Gasteiger partial charge on any atom is -0.330 e. The summed E-state index contributed by atoms with van der Waals surface area (Å²) in [6.07, 6.45) is 5.15. The van der Waals surface area contributed by atoms with Gasteiger partial charge in [0.2, 0.25) is 0 Å². The van der Waals surface area contributed by atoms with E-state index in [2.05, 4.69) is 79.1 Å². The summed E-state index contributed by atoms with van der Waals surface area (Å²) in [5.74, 6) is 1.59. The molecule has 114 valence electrons. The summed E-state index contributed by atoms with van der Waals surface area (Å²) in [7, 11) is 0. The van der Waals surface area contributed by atoms with Crippen molar-refractivity contribution >= 4 is 0 Å². The molecule has 2 rings (SSSR count). The number of hydrogen-bond acceptors (Lipinski definition) is 2. The molecule has 0 aliphatic rings. The number of nitrogens with zero attached hydrogens (tertiary/aromatic N) is 2. The molecule has 0 saturated carbocycles. The number of rotatable bonds is 7. The zero-order valence-electron chi connectivity index (χ0n) is 13.6. The molecule has 0 aliphatic carbocycles. The standard InChI is InChI=1S/C18H27N3/c1-5-11-19-17(16-9-7-6-8-10-16)15(4)21-13-12-20-18(21)14(2)3/h6-10,12-15,17,19H,5,11H2,1-4H3. The number of imidazole rings is 1. The summed E-state index contributed by atoms with van der Waals surface area (Å²) < 4.78 is 2.31. The van der Waals surface area contributed by atoms with Crippen LogP contribution >= 0.6 is 0 Å². The second-order valence-electron chi connectivity index (χ2n) is 5.93. The monoisotopic (exact) mass is 285 g/mol. The van der Waals surface area contributed by atoms with Gasteiger partial charge < -0.3 is 9.88 Å². The predicted molar refractivity (Wildman–Crippen MR) is 88.5 cm³/mol. The van der Waals surface area contributed by atoms with Gasteiger partial charge in [-0.15, -0.1) is 0 Å². The van der Waals surface area contributed by atoms with E-state index in [1.807, 2.05) is 6.20 Å². The Kier molecular flexibility index (Phi) is 5.57. The number of benzene rings is 1. The largest absolute Gasteiger partial charge is 0.330 e. The first kappa shape index (κ1) is 15.8. The van der Waals surface area contributed by atoms with E-state index in [-0.39, 0.29) is 0 Å². The van der Waals surface area contributed by atoms with Crippen molar-refractivity contribution in [3.05, 3.63) is 54.1 Å². The molecule has 0 spiro atoms. The molecule has 0 fully saturated rings. The topological polar surface area (TPSA) is 29.9 Å². The van der Waals surface area contributed by atoms with Crippen molar-refractivity contribution in [2.24, 2.45) is 0 Å². The van der Waals surface area contributed by atoms with Crippen molar-refractivity contribution < 1.29 is 0 Å². The molecular weight excluding hydrogens is 258 g/mol. The maximum Gasteiger partial charge on any atom is 0.111 e. The van der Waals surface area contributed by atoms with Crippen LogP contribution in [-0.2, 0) is 0 Å². The maximum atomic E-state index is 4.53. The molecule has 3 heteroatoms. The average molecular weight is 285 g/mol. The van der Waals surface area contributed by atoms with E-state index in [1.165, 1.54) is 5.56 Å². The van der Waals surface area contributed by atoms with Gasteiger partial charge in [0.25, 0.3) is 0 Å². The second kappa shape index (κ2) is 7.41. The lowest BCUT2D eigenvalue weighted by Crippen LogP contribution is -2.30. The first-order valence-electron chi connectivity index (χ1n) is 7.96. The Morgan fingerprint density at radius 3 is 2.48 bits per heavy atom. The minimum atomic E-state index is 0.304. The first-order valence-corrected chi connectivity index (χ1v) is 7.96. The average Bonchev–Trinajstić information content (AvgIpc) is 2.98. The zero-order chi connectivity index (χ0) is 15.2. The number of nitrogens with one attached hydrogen (secondary N) is 1. The molecular formula is C18H27N3. The van der Waals surface area contributed by atoms with Crippen LogP contribution in [0.5, 0.6) is 0 Å². The van der Waals surface area contributed by atoms with Gasteiger partial charge in [-0.1, -0.05) is 51.1 Å². The molecule has 0 radical (unpaired) electrons. The van der Waals surface area contributed by atoms with Crippen LogP contribution in [0.4, 0.5) is 0 Å². The summed E-state index contributed by atoms with van der Waals surface area (Å²) >= 11 is 0. The summed E-state index contributed by atoms with van der Waals surface area (Å²) in [5, 5.41) is 3.69. The Labute approximate surface area is 128 Å². The third-order valence-corrected chi connectivity index (χ3v) is 3.91. The lowest BCUT2D eigenvalue weighted by molar-refractivity contribution is 0.367. The quantitative estimate of drug-likeness (QED) is 0.821. The fraction of sp³-hybridized carbons (Fsp3) is 0.500. The summed E-state index contributed by atoms with van der Waals surface area (Å²) in [5.41, 5.74) is 1.34. The van der Waals surface area contributed by atoms with E-state index in [0.717, 1.165) is 18.8 Å². The van der Waals surface area contributed by atoms with Crippen LogP contribution in [-0.4, -0.2) is 16.1 Å². The first-order chi connectivity index (χ1) is 10.1. The Hall–Kier alpha value is -1.61. The Morgan fingerprint density at radius 1 is 1.14 bits per heavy atom. The number of hydrogen-bond donors (Lipinski definition) is 1. The molecule has 0 aliphatic heterocycles. The zero-order valence-corrected chi connectivity index (χ0v) is 13.6. The summed E-state index contributed by atoms with van der Waals surface area (Å²) in [6, 6.07) is 11.3. The van der Waals surface area contributed by atoms with Crippen molar-refractivity contribution in [3.8, 4) is 0 Å². The Morgan fingerprint density at radius 2 is 1.86 bits per heavy atom. The third kappa shape index (κ3) is 3.73. The van der Waals surface area contributed by atoms with Gasteiger partial charge in [-0.2, -0.15) is 0 Å². The van der Waals surface area contributed by atoms with Crippen LogP contribution in [0.1, 0.15) is 63.5 Å². The van der Waals surface area contributed by atoms with E-state index in [4.69, 9.17) is 0 Å². The molecule has 21 heavy (non-hydrogen) atoms. The van der Waals surface area contributed by atoms with Crippen molar-refractivity contribution in [1.82, 2.24) is 14.9 Å². The van der Waals surface area contributed by atoms with Crippen molar-refractivity contribution in [2.75, 3.05) is 6.54 Å². The highest BCUT2D eigenvalue weighted by Crippen LogP contribution is 2.28. The fourth-order valence-corrected chi connectivity index (χ4v) is 2.80. The van der Waals surface area contributed by atoms with Gasteiger partial charge in [-0.05, 0) is 25.5 Å². The molecule has 0 bridgehead atoms. The molecule has 2 atom stereocenters. The molecule has 2 aromatic rings. The Balaban J connectivity index is 2.29. The van der Waals surface area contributed by atoms with Crippen molar-refractivity contribution in [2.45, 2.75) is 52.1 Å². The summed E-state index contributed by atoms with van der Waals surface area (Å²) in [6.45, 7) is 9.89.